The second kappa shape index (κ2) is 8.34. The second-order valence-corrected chi connectivity index (χ2v) is 6.60. The number of imidazole rings is 1. The fraction of sp³-hybridized carbons (Fsp3) is 0.238. The molecule has 0 unspecified atom stereocenters. The van der Waals surface area contributed by atoms with E-state index in [9.17, 15) is 4.79 Å². The smallest absolute Gasteiger partial charge is 0.262 e. The second-order valence-electron chi connectivity index (χ2n) is 6.60. The van der Waals surface area contributed by atoms with Gasteiger partial charge in [0.1, 0.15) is 18.2 Å². The highest BCUT2D eigenvalue weighted by molar-refractivity contribution is 5.94. The lowest BCUT2D eigenvalue weighted by molar-refractivity contribution is -0.118. The quantitative estimate of drug-likeness (QED) is 0.427. The standard InChI is InChI=1S/C21H22N4O4/c1-28-10-9-25-8-7-15-18(25)3-2-4-19(15)29-13-21(27)22-14-5-6-16-17(11-14)24-20(12-26)23-16/h2-8,11,26H,9-10,12-13H2,1H3,(H,22,27)(H,23,24). The molecule has 0 radical (unpaired) electrons. The van der Waals surface area contributed by atoms with E-state index in [4.69, 9.17) is 14.6 Å². The molecule has 1 amide bonds. The average Bonchev–Trinajstić information content (AvgIpc) is 3.34. The highest BCUT2D eigenvalue weighted by atomic mass is 16.5. The molecule has 0 bridgehead atoms. The zero-order valence-corrected chi connectivity index (χ0v) is 16.0. The van der Waals surface area contributed by atoms with Crippen molar-refractivity contribution in [2.75, 3.05) is 25.6 Å². The largest absolute Gasteiger partial charge is 0.483 e. The van der Waals surface area contributed by atoms with Crippen LogP contribution in [0, 0.1) is 0 Å². The summed E-state index contributed by atoms with van der Waals surface area (Å²) in [7, 11) is 1.68. The minimum absolute atomic E-state index is 0.106. The number of hydrogen-bond donors (Lipinski definition) is 3. The predicted octanol–water partition coefficient (Wildman–Crippen LogP) is 2.67. The molecule has 0 aliphatic carbocycles. The average molecular weight is 394 g/mol. The molecule has 4 rings (SSSR count). The van der Waals surface area contributed by atoms with E-state index in [1.54, 1.807) is 25.3 Å². The normalized spacial score (nSPS) is 11.2. The molecule has 0 fully saturated rings. The Morgan fingerprint density at radius 3 is 3.00 bits per heavy atom. The van der Waals surface area contributed by atoms with Crippen LogP contribution >= 0.6 is 0 Å². The van der Waals surface area contributed by atoms with Gasteiger partial charge in [0.15, 0.2) is 6.61 Å². The number of ether oxygens (including phenoxy) is 2. The van der Waals surface area contributed by atoms with Gasteiger partial charge in [-0.05, 0) is 36.4 Å². The summed E-state index contributed by atoms with van der Waals surface area (Å²) in [5, 5.41) is 12.9. The lowest BCUT2D eigenvalue weighted by Crippen LogP contribution is -2.20. The van der Waals surface area contributed by atoms with Gasteiger partial charge in [-0.25, -0.2) is 4.98 Å². The van der Waals surface area contributed by atoms with Crippen LogP contribution < -0.4 is 10.1 Å². The summed E-state index contributed by atoms with van der Waals surface area (Å²) in [6.07, 6.45) is 1.98. The number of H-pyrrole nitrogens is 1. The molecule has 3 N–H and O–H groups in total. The van der Waals surface area contributed by atoms with Crippen molar-refractivity contribution in [3.63, 3.8) is 0 Å². The molecule has 2 aromatic carbocycles. The van der Waals surface area contributed by atoms with Gasteiger partial charge in [0.25, 0.3) is 5.91 Å². The first-order chi connectivity index (χ1) is 14.2. The number of carbonyl (C=O) groups excluding carboxylic acids is 1. The highest BCUT2D eigenvalue weighted by Gasteiger charge is 2.10. The third-order valence-corrected chi connectivity index (χ3v) is 4.63. The molecule has 8 nitrogen and oxygen atoms in total. The SMILES string of the molecule is COCCn1ccc2c(OCC(=O)Nc3ccc4nc(CO)[nH]c4c3)cccc21. The van der Waals surface area contributed by atoms with Crippen molar-refractivity contribution in [1.29, 1.82) is 0 Å². The van der Waals surface area contributed by atoms with Gasteiger partial charge in [0.05, 0.1) is 23.2 Å². The number of aromatic amines is 1. The zero-order valence-electron chi connectivity index (χ0n) is 16.0. The predicted molar refractivity (Wildman–Crippen MR) is 110 cm³/mol. The maximum Gasteiger partial charge on any atom is 0.262 e. The van der Waals surface area contributed by atoms with Gasteiger partial charge in [-0.15, -0.1) is 0 Å². The van der Waals surface area contributed by atoms with Crippen LogP contribution in [-0.4, -0.2) is 45.9 Å². The van der Waals surface area contributed by atoms with Crippen molar-refractivity contribution < 1.29 is 19.4 Å². The lowest BCUT2D eigenvalue weighted by atomic mass is 10.2. The van der Waals surface area contributed by atoms with Gasteiger partial charge < -0.3 is 29.4 Å². The molecule has 0 saturated carbocycles. The van der Waals surface area contributed by atoms with Gasteiger partial charge in [-0.3, -0.25) is 4.79 Å². The van der Waals surface area contributed by atoms with E-state index in [-0.39, 0.29) is 19.1 Å². The number of hydrogen-bond acceptors (Lipinski definition) is 5. The number of methoxy groups -OCH3 is 1. The summed E-state index contributed by atoms with van der Waals surface area (Å²) < 4.78 is 13.0. The van der Waals surface area contributed by atoms with Gasteiger partial charge in [-0.2, -0.15) is 0 Å². The van der Waals surface area contributed by atoms with Crippen LogP contribution in [0.2, 0.25) is 0 Å². The van der Waals surface area contributed by atoms with E-state index in [1.165, 1.54) is 0 Å². The summed E-state index contributed by atoms with van der Waals surface area (Å²) in [6, 6.07) is 13.1. The maximum absolute atomic E-state index is 12.3. The van der Waals surface area contributed by atoms with E-state index in [0.717, 1.165) is 28.5 Å². The number of benzene rings is 2. The van der Waals surface area contributed by atoms with E-state index in [1.807, 2.05) is 30.5 Å². The van der Waals surface area contributed by atoms with E-state index in [2.05, 4.69) is 19.9 Å². The Bertz CT molecular complexity index is 1150. The van der Waals surface area contributed by atoms with Crippen molar-refractivity contribution in [3.05, 3.63) is 54.5 Å². The summed E-state index contributed by atoms with van der Waals surface area (Å²) >= 11 is 0. The Labute approximate surface area is 167 Å². The molecule has 2 heterocycles. The molecule has 2 aromatic heterocycles. The minimum atomic E-state index is -0.262. The van der Waals surface area contributed by atoms with E-state index in [0.29, 0.717) is 23.9 Å². The highest BCUT2D eigenvalue weighted by Crippen LogP contribution is 2.26. The van der Waals surface area contributed by atoms with Crippen LogP contribution in [-0.2, 0) is 22.7 Å². The number of aliphatic hydroxyl groups excluding tert-OH is 1. The molecule has 0 spiro atoms. The number of nitrogens with zero attached hydrogens (tertiary/aromatic N) is 2. The fourth-order valence-electron chi connectivity index (χ4n) is 3.26. The van der Waals surface area contributed by atoms with Crippen molar-refractivity contribution in [1.82, 2.24) is 14.5 Å². The molecule has 0 atom stereocenters. The van der Waals surface area contributed by atoms with Crippen LogP contribution in [0.25, 0.3) is 21.9 Å². The molecular formula is C21H22N4O4. The van der Waals surface area contributed by atoms with Gasteiger partial charge >= 0.3 is 0 Å². The van der Waals surface area contributed by atoms with Crippen LogP contribution in [0.1, 0.15) is 5.82 Å². The number of nitrogens with one attached hydrogen (secondary N) is 2. The molecule has 4 aromatic rings. The van der Waals surface area contributed by atoms with Crippen LogP contribution in [0.3, 0.4) is 0 Å². The Balaban J connectivity index is 1.42. The number of aliphatic hydroxyl groups is 1. The molecular weight excluding hydrogens is 372 g/mol. The number of fused-ring (bicyclic) bond motifs is 2. The third kappa shape index (κ3) is 4.08. The first-order valence-electron chi connectivity index (χ1n) is 9.27. The molecule has 0 aliphatic rings. The van der Waals surface area contributed by atoms with Crippen LogP contribution in [0.15, 0.2) is 48.7 Å². The Kier molecular flexibility index (Phi) is 5.46. The van der Waals surface area contributed by atoms with Gasteiger partial charge in [0, 0.05) is 30.9 Å². The summed E-state index contributed by atoms with van der Waals surface area (Å²) in [6.45, 7) is 1.10. The molecule has 0 aliphatic heterocycles. The first-order valence-corrected chi connectivity index (χ1v) is 9.27. The van der Waals surface area contributed by atoms with Crippen molar-refractivity contribution >= 4 is 33.5 Å². The van der Waals surface area contributed by atoms with Gasteiger partial charge in [-0.1, -0.05) is 6.07 Å². The monoisotopic (exact) mass is 394 g/mol. The summed E-state index contributed by atoms with van der Waals surface area (Å²) in [5.74, 6) is 0.879. The van der Waals surface area contributed by atoms with Gasteiger partial charge in [0.2, 0.25) is 0 Å². The summed E-state index contributed by atoms with van der Waals surface area (Å²) in [4.78, 5) is 19.6. The summed E-state index contributed by atoms with van der Waals surface area (Å²) in [5.41, 5.74) is 3.13. The number of anilines is 1. The molecule has 8 heteroatoms. The first kappa shape index (κ1) is 19.0. The lowest BCUT2D eigenvalue weighted by Gasteiger charge is -2.10. The van der Waals surface area contributed by atoms with Crippen molar-refractivity contribution in [2.45, 2.75) is 13.2 Å². The molecule has 0 saturated heterocycles. The van der Waals surface area contributed by atoms with Crippen LogP contribution in [0.4, 0.5) is 5.69 Å². The van der Waals surface area contributed by atoms with E-state index < -0.39 is 0 Å². The number of aromatic nitrogens is 3. The third-order valence-electron chi connectivity index (χ3n) is 4.63. The zero-order chi connectivity index (χ0) is 20.2. The molecule has 29 heavy (non-hydrogen) atoms. The van der Waals surface area contributed by atoms with Crippen molar-refractivity contribution in [2.24, 2.45) is 0 Å². The number of rotatable bonds is 8. The maximum atomic E-state index is 12.3. The fourth-order valence-corrected chi connectivity index (χ4v) is 3.26. The topological polar surface area (TPSA) is 101 Å². The Morgan fingerprint density at radius 1 is 1.28 bits per heavy atom. The molecule has 150 valence electrons. The number of amides is 1. The minimum Gasteiger partial charge on any atom is -0.483 e. The van der Waals surface area contributed by atoms with Crippen LogP contribution in [0.5, 0.6) is 5.75 Å². The van der Waals surface area contributed by atoms with Crippen molar-refractivity contribution in [3.8, 4) is 5.75 Å². The Hall–Kier alpha value is -3.36. The number of carbonyl (C=O) groups is 1. The van der Waals surface area contributed by atoms with E-state index >= 15 is 0 Å². The Morgan fingerprint density at radius 2 is 2.17 bits per heavy atom.